The summed E-state index contributed by atoms with van der Waals surface area (Å²) in [7, 11) is 0. The van der Waals surface area contributed by atoms with Crippen molar-refractivity contribution in [3.05, 3.63) is 53.9 Å². The predicted molar refractivity (Wildman–Crippen MR) is 112 cm³/mol. The first-order chi connectivity index (χ1) is 14.4. The molecule has 0 spiro atoms. The van der Waals surface area contributed by atoms with E-state index in [2.05, 4.69) is 28.7 Å². The van der Waals surface area contributed by atoms with Gasteiger partial charge in [-0.2, -0.15) is 13.2 Å². The zero-order valence-electron chi connectivity index (χ0n) is 17.1. The largest absolute Gasteiger partial charge is 0.481 e. The first-order valence-corrected chi connectivity index (χ1v) is 10.4. The van der Waals surface area contributed by atoms with Crippen molar-refractivity contribution in [3.63, 3.8) is 0 Å². The van der Waals surface area contributed by atoms with Crippen molar-refractivity contribution in [2.24, 2.45) is 11.8 Å². The van der Waals surface area contributed by atoms with Gasteiger partial charge in [0.05, 0.1) is 0 Å². The maximum atomic E-state index is 14.6. The van der Waals surface area contributed by atoms with Crippen molar-refractivity contribution < 1.29 is 22.3 Å². The molecule has 1 aliphatic carbocycles. The molecule has 5 heteroatoms. The first-order valence-electron chi connectivity index (χ1n) is 10.4. The van der Waals surface area contributed by atoms with Gasteiger partial charge in [0.1, 0.15) is 0 Å². The van der Waals surface area contributed by atoms with Crippen molar-refractivity contribution in [2.45, 2.75) is 51.6 Å². The van der Waals surface area contributed by atoms with Crippen LogP contribution >= 0.6 is 0 Å². The number of rotatable bonds is 5. The number of ether oxygens (including phenoxy) is 1. The van der Waals surface area contributed by atoms with Crippen molar-refractivity contribution in [3.8, 4) is 17.6 Å². The molecule has 0 saturated heterocycles. The van der Waals surface area contributed by atoms with Crippen LogP contribution < -0.4 is 4.74 Å². The molecule has 0 radical (unpaired) electrons. The second-order valence-electron chi connectivity index (χ2n) is 7.82. The molecule has 1 saturated carbocycles. The zero-order valence-corrected chi connectivity index (χ0v) is 17.1. The molecule has 0 heterocycles. The van der Waals surface area contributed by atoms with Gasteiger partial charge in [0, 0.05) is 22.3 Å². The van der Waals surface area contributed by atoms with Crippen molar-refractivity contribution in [1.82, 2.24) is 0 Å². The summed E-state index contributed by atoms with van der Waals surface area (Å²) in [6, 6.07) is 7.83. The van der Waals surface area contributed by atoms with Crippen LogP contribution in [-0.2, 0) is 0 Å². The van der Waals surface area contributed by atoms with Crippen LogP contribution in [0.15, 0.2) is 42.5 Å². The van der Waals surface area contributed by atoms with E-state index < -0.39 is 24.3 Å². The van der Waals surface area contributed by atoms with Crippen LogP contribution in [0.25, 0.3) is 10.8 Å². The van der Waals surface area contributed by atoms with Crippen LogP contribution in [0, 0.1) is 29.5 Å². The van der Waals surface area contributed by atoms with E-state index in [0.717, 1.165) is 25.2 Å². The minimum Gasteiger partial charge on any atom is -0.481 e. The maximum Gasteiger partial charge on any atom is 0.422 e. The predicted octanol–water partition coefficient (Wildman–Crippen LogP) is 7.43. The van der Waals surface area contributed by atoms with Gasteiger partial charge in [-0.25, -0.2) is 4.39 Å². The summed E-state index contributed by atoms with van der Waals surface area (Å²) in [6.45, 7) is 0.522. The lowest BCUT2D eigenvalue weighted by molar-refractivity contribution is -0.153. The highest BCUT2D eigenvalue weighted by atomic mass is 19.4. The quantitative estimate of drug-likeness (QED) is 0.279. The van der Waals surface area contributed by atoms with Gasteiger partial charge in [-0.05, 0) is 69.6 Å². The summed E-state index contributed by atoms with van der Waals surface area (Å²) >= 11 is 0. The van der Waals surface area contributed by atoms with E-state index in [1.54, 1.807) is 12.1 Å². The summed E-state index contributed by atoms with van der Waals surface area (Å²) < 4.78 is 56.3. The summed E-state index contributed by atoms with van der Waals surface area (Å²) in [4.78, 5) is 0. The molecule has 0 aromatic heterocycles. The number of allylic oxidation sites excluding steroid dienone is 2. The number of alkyl halides is 3. The highest BCUT2D eigenvalue weighted by Crippen LogP contribution is 2.32. The van der Waals surface area contributed by atoms with Crippen LogP contribution in [0.5, 0.6) is 5.75 Å². The van der Waals surface area contributed by atoms with Gasteiger partial charge in [0.15, 0.2) is 18.2 Å². The van der Waals surface area contributed by atoms with Crippen LogP contribution in [-0.4, -0.2) is 12.8 Å². The van der Waals surface area contributed by atoms with E-state index in [1.165, 1.54) is 31.4 Å². The van der Waals surface area contributed by atoms with Crippen molar-refractivity contribution in [2.75, 3.05) is 6.61 Å². The lowest BCUT2D eigenvalue weighted by atomic mass is 9.80. The average molecular weight is 418 g/mol. The van der Waals surface area contributed by atoms with Crippen molar-refractivity contribution in [1.29, 1.82) is 0 Å². The molecule has 1 fully saturated rings. The molecule has 2 aromatic rings. The number of hydrogen-bond acceptors (Lipinski definition) is 1. The van der Waals surface area contributed by atoms with E-state index >= 15 is 0 Å². The lowest BCUT2D eigenvalue weighted by Crippen LogP contribution is -2.19. The van der Waals surface area contributed by atoms with E-state index in [9.17, 15) is 17.6 Å². The molecule has 0 unspecified atom stereocenters. The minimum atomic E-state index is -4.51. The monoisotopic (exact) mass is 418 g/mol. The lowest BCUT2D eigenvalue weighted by Gasteiger charge is -2.25. The topological polar surface area (TPSA) is 9.23 Å². The summed E-state index contributed by atoms with van der Waals surface area (Å²) in [5.41, 5.74) is 0.684. The zero-order chi connectivity index (χ0) is 21.6. The summed E-state index contributed by atoms with van der Waals surface area (Å²) in [5, 5.41) is 0.802. The Morgan fingerprint density at radius 2 is 1.83 bits per heavy atom. The molecule has 1 aliphatic rings. The third-order valence-corrected chi connectivity index (χ3v) is 5.59. The van der Waals surface area contributed by atoms with Gasteiger partial charge in [0.25, 0.3) is 0 Å². The van der Waals surface area contributed by atoms with Gasteiger partial charge in [-0.15, -0.1) is 0 Å². The fraction of sp³-hybridized carbons (Fsp3) is 0.440. The number of hydrogen-bond donors (Lipinski definition) is 0. The molecule has 0 amide bonds. The normalized spacial score (nSPS) is 19.6. The molecule has 0 bridgehead atoms. The van der Waals surface area contributed by atoms with Crippen LogP contribution in [0.3, 0.4) is 0 Å². The fourth-order valence-electron chi connectivity index (χ4n) is 3.96. The highest BCUT2D eigenvalue weighted by molar-refractivity contribution is 5.89. The Morgan fingerprint density at radius 3 is 2.53 bits per heavy atom. The molecule has 160 valence electrons. The smallest absolute Gasteiger partial charge is 0.422 e. The second kappa shape index (κ2) is 10.0. The van der Waals surface area contributed by atoms with Crippen molar-refractivity contribution >= 4 is 10.8 Å². The standard InChI is InChI=1S/C25H26F4O/c1-2-3-4-6-18-9-11-19(12-10-18)13-14-20-7-5-8-22-21(20)15-16-23(24(22)26)30-17-25(27,28)29/h2-3,5,7-8,15-16,18-19H,4,6,9-12,17H2,1H3/b3-2+. The number of benzene rings is 2. The number of fused-ring (bicyclic) bond motifs is 1. The first kappa shape index (κ1) is 22.2. The molecule has 30 heavy (non-hydrogen) atoms. The molecule has 3 rings (SSSR count). The maximum absolute atomic E-state index is 14.6. The van der Waals surface area contributed by atoms with E-state index in [0.29, 0.717) is 16.9 Å². The molecular formula is C25H26F4O. The van der Waals surface area contributed by atoms with Gasteiger partial charge < -0.3 is 4.74 Å². The Hall–Kier alpha value is -2.48. The van der Waals surface area contributed by atoms with Gasteiger partial charge in [0.2, 0.25) is 0 Å². The second-order valence-corrected chi connectivity index (χ2v) is 7.82. The van der Waals surface area contributed by atoms with Gasteiger partial charge in [-0.3, -0.25) is 0 Å². The number of halogens is 4. The highest BCUT2D eigenvalue weighted by Gasteiger charge is 2.29. The molecule has 0 atom stereocenters. The Bertz CT molecular complexity index is 941. The van der Waals surface area contributed by atoms with E-state index in [1.807, 2.05) is 13.0 Å². The van der Waals surface area contributed by atoms with E-state index in [4.69, 9.17) is 0 Å². The Balaban J connectivity index is 1.70. The van der Waals surface area contributed by atoms with Gasteiger partial charge >= 0.3 is 6.18 Å². The van der Waals surface area contributed by atoms with E-state index in [-0.39, 0.29) is 5.39 Å². The minimum absolute atomic E-state index is 0.217. The van der Waals surface area contributed by atoms with Gasteiger partial charge in [-0.1, -0.05) is 36.1 Å². The molecular weight excluding hydrogens is 392 g/mol. The average Bonchev–Trinajstić information content (AvgIpc) is 2.72. The molecule has 1 nitrogen and oxygen atoms in total. The summed E-state index contributed by atoms with van der Waals surface area (Å²) in [5.74, 6) is 6.41. The molecule has 2 aromatic carbocycles. The van der Waals surface area contributed by atoms with Crippen LogP contribution in [0.4, 0.5) is 17.6 Å². The third-order valence-electron chi connectivity index (χ3n) is 5.59. The Morgan fingerprint density at radius 1 is 1.07 bits per heavy atom. The fourth-order valence-corrected chi connectivity index (χ4v) is 3.96. The Labute approximate surface area is 175 Å². The van der Waals surface area contributed by atoms with Crippen LogP contribution in [0.2, 0.25) is 0 Å². The Kier molecular flexibility index (Phi) is 7.42. The molecule has 0 aliphatic heterocycles. The van der Waals surface area contributed by atoms with Crippen LogP contribution in [0.1, 0.15) is 51.0 Å². The molecule has 0 N–H and O–H groups in total. The SMILES string of the molecule is C/C=C/CCC1CCC(C#Cc2cccc3c(F)c(OCC(F)(F)F)ccc23)CC1. The third kappa shape index (κ3) is 6.01. The summed E-state index contributed by atoms with van der Waals surface area (Å²) in [6.07, 6.45) is 6.66.